The fourth-order valence-corrected chi connectivity index (χ4v) is 7.93. The smallest absolute Gasteiger partial charge is 0.340 e. The molecular weight excluding hydrogens is 733 g/mol. The molecule has 2 unspecified atom stereocenters. The molecule has 318 valence electrons. The van der Waals surface area contributed by atoms with E-state index in [4.69, 9.17) is 23.7 Å². The van der Waals surface area contributed by atoms with Gasteiger partial charge in [-0.2, -0.15) is 0 Å². The Morgan fingerprint density at radius 2 is 1.03 bits per heavy atom. The third kappa shape index (κ3) is 10.5. The van der Waals surface area contributed by atoms with Crippen molar-refractivity contribution in [2.24, 2.45) is 0 Å². The Labute approximate surface area is 347 Å². The molecule has 58 heavy (non-hydrogen) atoms. The maximum Gasteiger partial charge on any atom is 0.340 e. The summed E-state index contributed by atoms with van der Waals surface area (Å²) in [5.41, 5.74) is 2.60. The minimum atomic E-state index is -1.45. The number of fused-ring (bicyclic) bond motifs is 1. The van der Waals surface area contributed by atoms with Gasteiger partial charge in [0.1, 0.15) is 23.6 Å². The average molecular weight is 801 g/mol. The Morgan fingerprint density at radius 1 is 0.586 bits per heavy atom. The summed E-state index contributed by atoms with van der Waals surface area (Å²) >= 11 is 0. The molecular formula is C48H68N2O8. The van der Waals surface area contributed by atoms with Crippen molar-refractivity contribution >= 4 is 29.3 Å². The van der Waals surface area contributed by atoms with Gasteiger partial charge < -0.3 is 33.5 Å². The highest BCUT2D eigenvalue weighted by Gasteiger charge is 2.52. The van der Waals surface area contributed by atoms with Crippen LogP contribution in [0, 0.1) is 0 Å². The summed E-state index contributed by atoms with van der Waals surface area (Å²) in [5, 5.41) is 0. The lowest BCUT2D eigenvalue weighted by Crippen LogP contribution is -2.43. The lowest BCUT2D eigenvalue weighted by atomic mass is 9.78. The zero-order valence-electron chi connectivity index (χ0n) is 36.4. The van der Waals surface area contributed by atoms with Crippen molar-refractivity contribution < 1.29 is 38.1 Å². The first kappa shape index (κ1) is 46.0. The van der Waals surface area contributed by atoms with Crippen molar-refractivity contribution in [2.45, 2.75) is 137 Å². The van der Waals surface area contributed by atoms with Crippen LogP contribution in [-0.4, -0.2) is 69.5 Å². The van der Waals surface area contributed by atoms with Crippen molar-refractivity contribution in [1.82, 2.24) is 0 Å². The molecule has 0 aromatic heterocycles. The van der Waals surface area contributed by atoms with Gasteiger partial charge in [-0.3, -0.25) is 0 Å². The molecule has 0 aliphatic carbocycles. The topological polar surface area (TPSA) is 104 Å². The first-order chi connectivity index (χ1) is 28.2. The zero-order valence-corrected chi connectivity index (χ0v) is 36.4. The summed E-state index contributed by atoms with van der Waals surface area (Å²) in [6, 6.07) is 18.4. The van der Waals surface area contributed by atoms with Crippen LogP contribution in [0.1, 0.15) is 147 Å². The van der Waals surface area contributed by atoms with E-state index < -0.39 is 23.7 Å². The van der Waals surface area contributed by atoms with Crippen LogP contribution in [0.5, 0.6) is 11.5 Å². The number of anilines is 2. The number of unbranched alkanes of at least 4 members (excludes halogenated alkanes) is 4. The normalized spacial score (nSPS) is 15.6. The Morgan fingerprint density at radius 3 is 1.45 bits per heavy atom. The molecule has 3 aromatic rings. The minimum absolute atomic E-state index is 0.237. The summed E-state index contributed by atoms with van der Waals surface area (Å²) in [7, 11) is 0. The predicted molar refractivity (Wildman–Crippen MR) is 231 cm³/mol. The summed E-state index contributed by atoms with van der Waals surface area (Å²) < 4.78 is 30.9. The van der Waals surface area contributed by atoms with Crippen LogP contribution < -0.4 is 19.3 Å². The van der Waals surface area contributed by atoms with E-state index >= 15 is 0 Å². The van der Waals surface area contributed by atoms with E-state index in [0.717, 1.165) is 62.7 Å². The first-order valence-electron chi connectivity index (χ1n) is 21.9. The maximum atomic E-state index is 14.0. The molecule has 0 bridgehead atoms. The van der Waals surface area contributed by atoms with Crippen molar-refractivity contribution in [1.29, 1.82) is 0 Å². The average Bonchev–Trinajstić information content (AvgIpc) is 3.52. The highest BCUT2D eigenvalue weighted by molar-refractivity contribution is 5.97. The number of rotatable bonds is 26. The third-order valence-electron chi connectivity index (χ3n) is 10.8. The zero-order chi connectivity index (χ0) is 42.1. The summed E-state index contributed by atoms with van der Waals surface area (Å²) in [6.07, 6.45) is 8.67. The van der Waals surface area contributed by atoms with Gasteiger partial charge >= 0.3 is 17.9 Å². The molecule has 10 heteroatoms. The van der Waals surface area contributed by atoms with E-state index in [1.807, 2.05) is 82.3 Å². The fourth-order valence-electron chi connectivity index (χ4n) is 7.93. The number of esters is 3. The number of nitrogens with zero attached hydrogens (tertiary/aromatic N) is 2. The maximum absolute atomic E-state index is 14.0. The summed E-state index contributed by atoms with van der Waals surface area (Å²) in [6.45, 7) is 18.7. The van der Waals surface area contributed by atoms with E-state index in [9.17, 15) is 14.4 Å². The monoisotopic (exact) mass is 800 g/mol. The van der Waals surface area contributed by atoms with Crippen LogP contribution in [0.25, 0.3) is 0 Å². The molecule has 0 amide bonds. The Hall–Kier alpha value is -4.73. The number of hydrogen-bond donors (Lipinski definition) is 0. The molecule has 0 fully saturated rings. The molecule has 0 N–H and O–H groups in total. The lowest BCUT2D eigenvalue weighted by Gasteiger charge is -2.36. The lowest BCUT2D eigenvalue weighted by molar-refractivity contribution is -0.145. The molecule has 10 nitrogen and oxygen atoms in total. The molecule has 4 rings (SSSR count). The number of carbonyl (C=O) groups is 3. The van der Waals surface area contributed by atoms with Crippen LogP contribution in [0.3, 0.4) is 0 Å². The van der Waals surface area contributed by atoms with Crippen molar-refractivity contribution in [3.63, 3.8) is 0 Å². The van der Waals surface area contributed by atoms with Crippen molar-refractivity contribution in [3.05, 3.63) is 82.9 Å². The van der Waals surface area contributed by atoms with Crippen molar-refractivity contribution in [3.8, 4) is 11.5 Å². The number of carbonyl (C=O) groups excluding carboxylic acids is 3. The van der Waals surface area contributed by atoms with Gasteiger partial charge in [-0.05, 0) is 83.7 Å². The van der Waals surface area contributed by atoms with Crippen LogP contribution >= 0.6 is 0 Å². The van der Waals surface area contributed by atoms with E-state index in [1.165, 1.54) is 0 Å². The number of cyclic esters (lactones) is 1. The molecule has 0 saturated carbocycles. The van der Waals surface area contributed by atoms with Gasteiger partial charge in [-0.25, -0.2) is 14.4 Å². The standard InChI is InChI=1S/C48H68N2O8/c1-9-17-25-41(46(52)56-15-7)49(31-19-11-3)35-27-29-39(43(33-35)54-13-5)48(38-24-22-21-23-37(38)45(51)58-48)40-30-28-36(34-44(40)55-14-6)50(32-20-12-4)42(26-18-10-2)47(53)57-16-8/h21-24,27-30,33-34,41-42H,9-20,25-26,31-32H2,1-8H3. The van der Waals surface area contributed by atoms with Gasteiger partial charge in [0.25, 0.3) is 0 Å². The molecule has 2 atom stereocenters. The van der Waals surface area contributed by atoms with Crippen LogP contribution in [-0.2, 0) is 29.4 Å². The second-order valence-electron chi connectivity index (χ2n) is 14.8. The SMILES string of the molecule is CCCCC(C(=O)OCC)N(CCCC)c1ccc(C2(c3ccc(N(CCCC)C(CCCC)C(=O)OCC)cc3OCC)OC(=O)c3ccccc32)c(OCC)c1. The van der Waals surface area contributed by atoms with Gasteiger partial charge in [-0.15, -0.1) is 0 Å². The van der Waals surface area contributed by atoms with Crippen LogP contribution in [0.15, 0.2) is 60.7 Å². The number of benzene rings is 3. The fraction of sp³-hybridized carbons (Fsp3) is 0.562. The van der Waals surface area contributed by atoms with E-state index in [1.54, 1.807) is 6.07 Å². The van der Waals surface area contributed by atoms with Gasteiger partial charge in [0.2, 0.25) is 0 Å². The molecule has 1 aliphatic rings. The Balaban J connectivity index is 2.01. The molecule has 0 radical (unpaired) electrons. The van der Waals surface area contributed by atoms with Gasteiger partial charge in [0.15, 0.2) is 5.60 Å². The van der Waals surface area contributed by atoms with Crippen LogP contribution in [0.2, 0.25) is 0 Å². The van der Waals surface area contributed by atoms with Gasteiger partial charge in [-0.1, -0.05) is 84.4 Å². The minimum Gasteiger partial charge on any atom is -0.493 e. The quantitative estimate of drug-likeness (QED) is 0.0576. The first-order valence-corrected chi connectivity index (χ1v) is 21.9. The molecule has 0 spiro atoms. The van der Waals surface area contributed by atoms with Gasteiger partial charge in [0, 0.05) is 53.3 Å². The third-order valence-corrected chi connectivity index (χ3v) is 10.8. The highest BCUT2D eigenvalue weighted by Crippen LogP contribution is 2.53. The predicted octanol–water partition coefficient (Wildman–Crippen LogP) is 10.4. The van der Waals surface area contributed by atoms with E-state index in [0.29, 0.717) is 86.1 Å². The summed E-state index contributed by atoms with van der Waals surface area (Å²) in [4.78, 5) is 45.3. The van der Waals surface area contributed by atoms with Crippen molar-refractivity contribution in [2.75, 3.05) is 49.3 Å². The highest BCUT2D eigenvalue weighted by atomic mass is 16.6. The molecule has 1 heterocycles. The summed E-state index contributed by atoms with van der Waals surface area (Å²) in [5.74, 6) is 0.132. The van der Waals surface area contributed by atoms with Crippen LogP contribution in [0.4, 0.5) is 11.4 Å². The molecule has 3 aromatic carbocycles. The molecule has 1 aliphatic heterocycles. The second kappa shape index (κ2) is 23.0. The van der Waals surface area contributed by atoms with E-state index in [-0.39, 0.29) is 11.9 Å². The Kier molecular flexibility index (Phi) is 18.2. The number of ether oxygens (including phenoxy) is 5. The molecule has 0 saturated heterocycles. The Bertz CT molecular complexity index is 1680. The van der Waals surface area contributed by atoms with Gasteiger partial charge in [0.05, 0.1) is 32.0 Å². The number of hydrogen-bond acceptors (Lipinski definition) is 10. The largest absolute Gasteiger partial charge is 0.493 e. The van der Waals surface area contributed by atoms with E-state index in [2.05, 4.69) is 37.5 Å². The second-order valence-corrected chi connectivity index (χ2v) is 14.8.